The van der Waals surface area contributed by atoms with Gasteiger partial charge in [-0.2, -0.15) is 0 Å². The third-order valence-electron chi connectivity index (χ3n) is 13.4. The molecule has 10 N–H and O–H groups in total. The van der Waals surface area contributed by atoms with Gasteiger partial charge in [-0.25, -0.2) is 19.9 Å². The van der Waals surface area contributed by atoms with Gasteiger partial charge in [0.2, 0.25) is 17.7 Å². The van der Waals surface area contributed by atoms with Crippen LogP contribution in [0.5, 0.6) is 0 Å². The van der Waals surface area contributed by atoms with Crippen LogP contribution in [0.1, 0.15) is 103 Å². The molecule has 0 radical (unpaired) electrons. The molecule has 478 valence electrons. The molecule has 0 saturated carbocycles. The Morgan fingerprint density at radius 2 is 1.40 bits per heavy atom. The fourth-order valence-corrected chi connectivity index (χ4v) is 9.26. The van der Waals surface area contributed by atoms with Crippen LogP contribution >= 0.6 is 0 Å². The van der Waals surface area contributed by atoms with Crippen LogP contribution in [0.15, 0.2) is 35.3 Å². The predicted octanol–water partition coefficient (Wildman–Crippen LogP) is 0.717. The Morgan fingerprint density at radius 1 is 0.786 bits per heavy atom. The number of nitrogens with two attached hydrogens (primary N) is 2. The molecule has 2 saturated heterocycles. The number of nitrogens with one attached hydrogen (secondary N) is 4. The molecule has 2 aliphatic heterocycles. The molecule has 2 aliphatic rings. The standard InChI is InChI=1S/C49H81N9O14.C7H15NO4/c1-4-5-7-15-37(30-42(60)45(35(2)3)54-44(62)34-71-29-27-69-25-21-52-43(61)33-70-28-26-68-24-19-50)46(63)57-23-12-18-40(57)47(64)56-22-11-17-39(56)41(59)31-38(16-10-20-53-49(51)55-58(66)67)48(65)72-32-36-13-8-6-9-14-36;1-8-2-3-11-4-5-12-6-7(9)10/h6,8-9,13-14,35,37-40,44-45,54,62H,4-5,7,10-12,15-34,50H2,1-3H3,(H,52,61)(H3,51,53,55);8H,2-6H2,1H3,(H,9,10)/t37?,38?,39?,40?,44-,45?;/m0./s1. The van der Waals surface area contributed by atoms with Crippen molar-refractivity contribution in [1.82, 2.24) is 31.2 Å². The minimum Gasteiger partial charge on any atom is -0.480 e. The van der Waals surface area contributed by atoms with E-state index in [-0.39, 0.29) is 127 Å². The number of carbonyl (C=O) groups excluding carboxylic acids is 6. The molecule has 2 heterocycles. The molecule has 1 aromatic carbocycles. The zero-order chi connectivity index (χ0) is 61.9. The number of aliphatic carboxylic acids is 1. The number of benzene rings is 1. The van der Waals surface area contributed by atoms with E-state index in [1.165, 1.54) is 4.90 Å². The van der Waals surface area contributed by atoms with Crippen LogP contribution in [0, 0.1) is 27.9 Å². The molecule has 28 heteroatoms. The maximum absolute atomic E-state index is 14.5. The lowest BCUT2D eigenvalue weighted by Gasteiger charge is -2.33. The van der Waals surface area contributed by atoms with Gasteiger partial charge in [-0.15, -0.1) is 0 Å². The summed E-state index contributed by atoms with van der Waals surface area (Å²) in [7, 11) is 1.84. The normalized spacial score (nSPS) is 16.5. The van der Waals surface area contributed by atoms with Crippen molar-refractivity contribution in [3.8, 4) is 0 Å². The monoisotopic (exact) mass is 1200 g/mol. The van der Waals surface area contributed by atoms with Crippen LogP contribution in [0.25, 0.3) is 0 Å². The molecule has 1 aromatic rings. The number of aliphatic imine (C=N–C) groups is 1. The number of carboxylic acids is 1. The first kappa shape index (κ1) is 74.3. The van der Waals surface area contributed by atoms with E-state index in [0.717, 1.165) is 24.9 Å². The smallest absolute Gasteiger partial charge is 0.329 e. The van der Waals surface area contributed by atoms with Crippen molar-refractivity contribution in [1.29, 1.82) is 0 Å². The molecule has 0 spiro atoms. The summed E-state index contributed by atoms with van der Waals surface area (Å²) >= 11 is 0. The zero-order valence-corrected chi connectivity index (χ0v) is 49.7. The number of hydrogen-bond acceptors (Lipinski definition) is 21. The van der Waals surface area contributed by atoms with Crippen molar-refractivity contribution in [2.75, 3.05) is 126 Å². The molecular formula is C56H96N10O18. The van der Waals surface area contributed by atoms with Crippen LogP contribution in [0.2, 0.25) is 0 Å². The van der Waals surface area contributed by atoms with Crippen LogP contribution in [-0.2, 0) is 73.3 Å². The molecule has 2 fully saturated rings. The van der Waals surface area contributed by atoms with Gasteiger partial charge in [0.05, 0.1) is 84.1 Å². The van der Waals surface area contributed by atoms with Crippen molar-refractivity contribution in [3.63, 3.8) is 0 Å². The van der Waals surface area contributed by atoms with Crippen molar-refractivity contribution >= 4 is 47.2 Å². The lowest BCUT2D eigenvalue weighted by atomic mass is 9.88. The average Bonchev–Trinajstić information content (AvgIpc) is 4.05. The van der Waals surface area contributed by atoms with E-state index in [4.69, 9.17) is 49.7 Å². The number of nitro groups is 1. The summed E-state index contributed by atoms with van der Waals surface area (Å²) in [6.45, 7) is 10.4. The number of hydrazine groups is 1. The number of ether oxygens (including phenoxy) is 7. The summed E-state index contributed by atoms with van der Waals surface area (Å²) < 4.78 is 36.9. The highest BCUT2D eigenvalue weighted by Crippen LogP contribution is 2.30. The SMILES string of the molecule is CCCCCC(CC(=O)C(N[C@@H](O)COCCOCCNC(=O)COCCOCCN)C(C)C)C(=O)N1CCCC1C(=O)N1CCCC1C(=O)CC(CCCN=C(N)N[N+](=O)[O-])C(=O)OCc1ccccc1.CNCCOCCOCC(=O)O. The number of guanidine groups is 1. The number of esters is 1. The van der Waals surface area contributed by atoms with Crippen molar-refractivity contribution in [3.05, 3.63) is 46.0 Å². The number of rotatable bonds is 46. The summed E-state index contributed by atoms with van der Waals surface area (Å²) in [4.78, 5) is 110. The Bertz CT molecular complexity index is 2100. The average molecular weight is 1200 g/mol. The van der Waals surface area contributed by atoms with Crippen LogP contribution < -0.4 is 32.8 Å². The Morgan fingerprint density at radius 3 is 2.05 bits per heavy atom. The lowest BCUT2D eigenvalue weighted by molar-refractivity contribution is -0.525. The van der Waals surface area contributed by atoms with E-state index in [9.17, 15) is 48.8 Å². The third kappa shape index (κ3) is 32.5. The number of nitrogens with zero attached hydrogens (tertiary/aromatic N) is 4. The molecule has 3 amide bonds. The fraction of sp³-hybridized carbons (Fsp3) is 0.750. The molecule has 0 aromatic heterocycles. The number of likely N-dealkylation sites (tertiary alicyclic amines) is 2. The number of hydrogen-bond donors (Lipinski definition) is 8. The molecule has 0 aliphatic carbocycles. The minimum absolute atomic E-state index is 0.00658. The molecule has 6 atom stereocenters. The summed E-state index contributed by atoms with van der Waals surface area (Å²) in [6, 6.07) is 6.64. The maximum Gasteiger partial charge on any atom is 0.329 e. The molecule has 28 nitrogen and oxygen atoms in total. The third-order valence-corrected chi connectivity index (χ3v) is 13.4. The topological polar surface area (TPSA) is 387 Å². The van der Waals surface area contributed by atoms with Gasteiger partial charge in [0.15, 0.2) is 16.6 Å². The summed E-state index contributed by atoms with van der Waals surface area (Å²) in [5.41, 5.74) is 13.4. The van der Waals surface area contributed by atoms with E-state index in [2.05, 4.69) is 20.9 Å². The highest BCUT2D eigenvalue weighted by atomic mass is 16.7. The Kier molecular flexibility index (Phi) is 40.3. The van der Waals surface area contributed by atoms with Crippen molar-refractivity contribution < 1.29 is 82.0 Å². The summed E-state index contributed by atoms with van der Waals surface area (Å²) in [6.07, 6.45) is 3.72. The van der Waals surface area contributed by atoms with E-state index in [1.807, 2.05) is 46.0 Å². The van der Waals surface area contributed by atoms with Gasteiger partial charge in [0, 0.05) is 58.0 Å². The number of Topliss-reactive ketones (excluding diaryl/α,β-unsaturated/α-hetero) is 2. The fourth-order valence-electron chi connectivity index (χ4n) is 9.26. The minimum atomic E-state index is -1.19. The highest BCUT2D eigenvalue weighted by molar-refractivity contribution is 5.96. The van der Waals surface area contributed by atoms with Crippen LogP contribution in [0.3, 0.4) is 0 Å². The molecule has 84 heavy (non-hydrogen) atoms. The number of aliphatic hydroxyl groups excluding tert-OH is 1. The van der Waals surface area contributed by atoms with Crippen molar-refractivity contribution in [2.45, 2.75) is 129 Å². The number of aliphatic hydroxyl groups is 1. The quantitative estimate of drug-likeness (QED) is 0.00848. The number of carbonyl (C=O) groups is 7. The number of unbranched alkanes of at least 4 members (excludes halogenated alkanes) is 2. The van der Waals surface area contributed by atoms with Gasteiger partial charge in [-0.05, 0) is 63.5 Å². The zero-order valence-electron chi connectivity index (χ0n) is 49.7. The van der Waals surface area contributed by atoms with Gasteiger partial charge >= 0.3 is 11.9 Å². The first-order valence-electron chi connectivity index (χ1n) is 29.2. The summed E-state index contributed by atoms with van der Waals surface area (Å²) in [5, 5.41) is 37.5. The molecule has 3 rings (SSSR count). The summed E-state index contributed by atoms with van der Waals surface area (Å²) in [5.74, 6) is -5.26. The van der Waals surface area contributed by atoms with Crippen LogP contribution in [-0.4, -0.2) is 222 Å². The van der Waals surface area contributed by atoms with E-state index in [0.29, 0.717) is 91.2 Å². The first-order valence-corrected chi connectivity index (χ1v) is 29.2. The van der Waals surface area contributed by atoms with Crippen molar-refractivity contribution in [2.24, 2.45) is 34.2 Å². The van der Waals surface area contributed by atoms with E-state index in [1.54, 1.807) is 22.5 Å². The predicted molar refractivity (Wildman–Crippen MR) is 308 cm³/mol. The Hall–Kier alpha value is -5.82. The number of carboxylic acid groups (broad SMARTS) is 1. The highest BCUT2D eigenvalue weighted by Gasteiger charge is 2.44. The van der Waals surface area contributed by atoms with E-state index >= 15 is 0 Å². The molecule has 0 bridgehead atoms. The van der Waals surface area contributed by atoms with Gasteiger partial charge in [0.25, 0.3) is 5.96 Å². The lowest BCUT2D eigenvalue weighted by Crippen LogP contribution is -2.53. The number of amides is 3. The number of likely N-dealkylation sites (N-methyl/N-ethyl adjacent to an activating group) is 1. The second-order valence-corrected chi connectivity index (χ2v) is 20.5. The largest absolute Gasteiger partial charge is 0.480 e. The Labute approximate surface area is 493 Å². The second-order valence-electron chi connectivity index (χ2n) is 20.5. The Balaban J connectivity index is 0.00000179. The number of ketones is 2. The molecule has 5 unspecified atom stereocenters. The van der Waals surface area contributed by atoms with Gasteiger partial charge in [0.1, 0.15) is 32.1 Å². The molecular weight excluding hydrogens is 1100 g/mol. The van der Waals surface area contributed by atoms with Gasteiger partial charge in [-0.1, -0.05) is 75.8 Å². The van der Waals surface area contributed by atoms with Gasteiger partial charge < -0.3 is 75.3 Å². The van der Waals surface area contributed by atoms with E-state index < -0.39 is 59.1 Å². The van der Waals surface area contributed by atoms with Gasteiger partial charge in [-0.3, -0.25) is 34.1 Å². The maximum atomic E-state index is 14.5. The second kappa shape index (κ2) is 45.5. The first-order chi connectivity index (χ1) is 40.4. The van der Waals surface area contributed by atoms with Crippen LogP contribution in [0.4, 0.5) is 0 Å².